The summed E-state index contributed by atoms with van der Waals surface area (Å²) >= 11 is 1.43. The Balaban J connectivity index is 1.79. The lowest BCUT2D eigenvalue weighted by Gasteiger charge is -2.20. The van der Waals surface area contributed by atoms with Crippen molar-refractivity contribution in [3.05, 3.63) is 65.7 Å². The molecule has 2 aromatic heterocycles. The van der Waals surface area contributed by atoms with Gasteiger partial charge in [-0.05, 0) is 35.6 Å². The second kappa shape index (κ2) is 11.3. The van der Waals surface area contributed by atoms with Crippen molar-refractivity contribution >= 4 is 23.1 Å². The van der Waals surface area contributed by atoms with Crippen LogP contribution in [-0.4, -0.2) is 35.0 Å². The number of aliphatic hydroxyl groups excluding tert-OH is 1. The smallest absolute Gasteiger partial charge is 0.433 e. The lowest BCUT2D eigenvalue weighted by molar-refractivity contribution is -0.141. The van der Waals surface area contributed by atoms with Crippen LogP contribution in [0.25, 0.3) is 0 Å². The Morgan fingerprint density at radius 3 is 2.41 bits per heavy atom. The fourth-order valence-electron chi connectivity index (χ4n) is 3.03. The van der Waals surface area contributed by atoms with E-state index < -0.39 is 18.1 Å². The maximum absolute atomic E-state index is 13.1. The lowest BCUT2D eigenvalue weighted by atomic mass is 10.2. The van der Waals surface area contributed by atoms with Gasteiger partial charge in [0.2, 0.25) is 0 Å². The van der Waals surface area contributed by atoms with Crippen molar-refractivity contribution in [1.29, 1.82) is 0 Å². The molecule has 11 heteroatoms. The molecular formula is C23H25F3N4O3S. The van der Waals surface area contributed by atoms with Crippen molar-refractivity contribution in [3.63, 3.8) is 0 Å². The number of halogens is 3. The van der Waals surface area contributed by atoms with Crippen LogP contribution < -0.4 is 20.1 Å². The molecule has 0 amide bonds. The number of ether oxygens (including phenoxy) is 2. The van der Waals surface area contributed by atoms with Crippen LogP contribution >= 0.6 is 11.8 Å². The van der Waals surface area contributed by atoms with Crippen molar-refractivity contribution in [2.45, 2.75) is 30.8 Å². The Labute approximate surface area is 199 Å². The van der Waals surface area contributed by atoms with Crippen molar-refractivity contribution in [3.8, 4) is 11.5 Å². The van der Waals surface area contributed by atoms with Gasteiger partial charge in [-0.15, -0.1) is 11.8 Å². The molecule has 0 saturated carbocycles. The molecule has 7 nitrogen and oxygen atoms in total. The Morgan fingerprint density at radius 2 is 1.79 bits per heavy atom. The third kappa shape index (κ3) is 6.45. The van der Waals surface area contributed by atoms with Crippen molar-refractivity contribution in [1.82, 2.24) is 9.97 Å². The molecule has 0 fully saturated rings. The third-order valence-corrected chi connectivity index (χ3v) is 5.66. The predicted octanol–water partition coefficient (Wildman–Crippen LogP) is 5.34. The van der Waals surface area contributed by atoms with E-state index in [-0.39, 0.29) is 11.4 Å². The van der Waals surface area contributed by atoms with E-state index in [9.17, 15) is 18.3 Å². The monoisotopic (exact) mass is 494 g/mol. The Morgan fingerprint density at radius 1 is 1.06 bits per heavy atom. The number of benzene rings is 1. The molecule has 1 unspecified atom stereocenters. The summed E-state index contributed by atoms with van der Waals surface area (Å²) < 4.78 is 50.3. The molecule has 1 aromatic carbocycles. The number of nitrogens with one attached hydrogen (secondary N) is 2. The number of alkyl halides is 3. The van der Waals surface area contributed by atoms with Gasteiger partial charge in [0.15, 0.2) is 6.23 Å². The lowest BCUT2D eigenvalue weighted by Crippen LogP contribution is -2.16. The summed E-state index contributed by atoms with van der Waals surface area (Å²) in [5.41, 5.74) is 0.493. The molecule has 0 bridgehead atoms. The Hall–Kier alpha value is -3.18. The second-order valence-electron chi connectivity index (χ2n) is 7.03. The highest BCUT2D eigenvalue weighted by atomic mass is 32.2. The highest BCUT2D eigenvalue weighted by Gasteiger charge is 2.33. The second-order valence-corrected chi connectivity index (χ2v) is 8.34. The number of pyridine rings is 2. The van der Waals surface area contributed by atoms with Gasteiger partial charge in [0.1, 0.15) is 29.5 Å². The largest absolute Gasteiger partial charge is 0.497 e. The number of methoxy groups -OCH3 is 1. The van der Waals surface area contributed by atoms with Crippen molar-refractivity contribution < 1.29 is 27.8 Å². The molecule has 0 spiro atoms. The summed E-state index contributed by atoms with van der Waals surface area (Å²) in [5, 5.41) is 16.2. The van der Waals surface area contributed by atoms with E-state index in [0.717, 1.165) is 23.6 Å². The zero-order valence-electron chi connectivity index (χ0n) is 18.8. The minimum atomic E-state index is -4.61. The quantitative estimate of drug-likeness (QED) is 0.257. The molecule has 3 N–H and O–H groups in total. The van der Waals surface area contributed by atoms with Gasteiger partial charge < -0.3 is 25.2 Å². The summed E-state index contributed by atoms with van der Waals surface area (Å²) in [6.45, 7) is 2.25. The van der Waals surface area contributed by atoms with Crippen molar-refractivity contribution in [2.24, 2.45) is 0 Å². The van der Waals surface area contributed by atoms with Gasteiger partial charge in [-0.3, -0.25) is 4.98 Å². The first-order valence-corrected chi connectivity index (χ1v) is 11.3. The van der Waals surface area contributed by atoms with E-state index in [1.54, 1.807) is 20.2 Å². The summed E-state index contributed by atoms with van der Waals surface area (Å²) in [6, 6.07) is 10.0. The van der Waals surface area contributed by atoms with Crippen LogP contribution in [0.5, 0.6) is 11.5 Å². The number of thioether (sulfide) groups is 1. The first kappa shape index (κ1) is 25.4. The van der Waals surface area contributed by atoms with Gasteiger partial charge in [0, 0.05) is 11.9 Å². The van der Waals surface area contributed by atoms with Crippen LogP contribution in [-0.2, 0) is 12.8 Å². The number of hydrogen-bond donors (Lipinski definition) is 3. The maximum Gasteiger partial charge on any atom is 0.433 e. The van der Waals surface area contributed by atoms with E-state index in [4.69, 9.17) is 9.47 Å². The number of rotatable bonds is 10. The molecule has 0 aliphatic rings. The SMILES string of the molecule is CCSc1cc(OCc2ccc(OC)cc2)cnc1C(O)Nc1cc(C(F)(F)F)ncc1NC. The number of nitrogens with zero attached hydrogens (tertiary/aromatic N) is 2. The van der Waals surface area contributed by atoms with Crippen LogP contribution in [0.3, 0.4) is 0 Å². The van der Waals surface area contributed by atoms with Gasteiger partial charge in [-0.25, -0.2) is 4.98 Å². The molecule has 2 heterocycles. The molecule has 0 saturated heterocycles. The van der Waals surface area contributed by atoms with Crippen LogP contribution in [0.1, 0.15) is 30.1 Å². The van der Waals surface area contributed by atoms with Crippen LogP contribution in [0, 0.1) is 0 Å². The fourth-order valence-corrected chi connectivity index (χ4v) is 3.85. The maximum atomic E-state index is 13.1. The molecule has 3 rings (SSSR count). The Kier molecular flexibility index (Phi) is 8.46. The zero-order valence-corrected chi connectivity index (χ0v) is 19.6. The molecule has 0 aliphatic heterocycles. The van der Waals surface area contributed by atoms with Gasteiger partial charge >= 0.3 is 6.18 Å². The average molecular weight is 495 g/mol. The molecular weight excluding hydrogens is 469 g/mol. The van der Waals surface area contributed by atoms with Crippen LogP contribution in [0.15, 0.2) is 53.7 Å². The minimum Gasteiger partial charge on any atom is -0.497 e. The van der Waals surface area contributed by atoms with Crippen molar-refractivity contribution in [2.75, 3.05) is 30.5 Å². The van der Waals surface area contributed by atoms with E-state index in [2.05, 4.69) is 20.6 Å². The van der Waals surface area contributed by atoms with Gasteiger partial charge in [0.25, 0.3) is 0 Å². The fraction of sp³-hybridized carbons (Fsp3) is 0.304. The Bertz CT molecular complexity index is 1100. The first-order valence-electron chi connectivity index (χ1n) is 10.3. The minimum absolute atomic E-state index is 0.0476. The summed E-state index contributed by atoms with van der Waals surface area (Å²) in [5.74, 6) is 1.94. The molecule has 1 atom stereocenters. The van der Waals surface area contributed by atoms with E-state index in [0.29, 0.717) is 28.7 Å². The number of hydrogen-bond acceptors (Lipinski definition) is 8. The van der Waals surface area contributed by atoms with E-state index in [1.807, 2.05) is 31.2 Å². The molecule has 34 heavy (non-hydrogen) atoms. The van der Waals surface area contributed by atoms with Gasteiger partial charge in [-0.1, -0.05) is 19.1 Å². The predicted molar refractivity (Wildman–Crippen MR) is 125 cm³/mol. The molecule has 0 aliphatic carbocycles. The van der Waals surface area contributed by atoms with Gasteiger partial charge in [-0.2, -0.15) is 13.2 Å². The topological polar surface area (TPSA) is 88.5 Å². The van der Waals surface area contributed by atoms with Gasteiger partial charge in [0.05, 0.1) is 30.9 Å². The molecule has 0 radical (unpaired) electrons. The number of aromatic nitrogens is 2. The average Bonchev–Trinajstić information content (AvgIpc) is 2.82. The summed E-state index contributed by atoms with van der Waals surface area (Å²) in [6.07, 6.45) is -3.45. The van der Waals surface area contributed by atoms with Crippen LogP contribution in [0.4, 0.5) is 24.5 Å². The molecule has 3 aromatic rings. The summed E-state index contributed by atoms with van der Waals surface area (Å²) in [4.78, 5) is 8.39. The normalized spacial score (nSPS) is 12.2. The number of aliphatic hydroxyl groups is 1. The highest BCUT2D eigenvalue weighted by molar-refractivity contribution is 7.99. The zero-order chi connectivity index (χ0) is 24.7. The number of anilines is 2. The summed E-state index contributed by atoms with van der Waals surface area (Å²) in [7, 11) is 3.14. The first-order chi connectivity index (χ1) is 16.2. The van der Waals surface area contributed by atoms with Crippen LogP contribution in [0.2, 0.25) is 0 Å². The standard InChI is InChI=1S/C23H25F3N4O3S/c1-4-34-19-9-16(33-13-14-5-7-15(32-3)8-6-14)11-29-21(19)22(31)30-17-10-20(23(24,25)26)28-12-18(17)27-2/h5-12,22,27,31H,4,13H2,1-3H3,(H,28,30). The van der Waals surface area contributed by atoms with E-state index in [1.165, 1.54) is 18.0 Å². The van der Waals surface area contributed by atoms with E-state index >= 15 is 0 Å². The molecule has 182 valence electrons. The third-order valence-electron chi connectivity index (χ3n) is 4.74. The highest BCUT2D eigenvalue weighted by Crippen LogP contribution is 2.35.